The van der Waals surface area contributed by atoms with E-state index in [4.69, 9.17) is 9.47 Å². The summed E-state index contributed by atoms with van der Waals surface area (Å²) in [5.41, 5.74) is 5.26. The zero-order valence-electron chi connectivity index (χ0n) is 18.4. The van der Waals surface area contributed by atoms with E-state index in [9.17, 15) is 19.2 Å². The van der Waals surface area contributed by atoms with Gasteiger partial charge in [-0.2, -0.15) is 0 Å². The lowest BCUT2D eigenvalue weighted by Crippen LogP contribution is -2.43. The first-order valence-corrected chi connectivity index (χ1v) is 11.0. The van der Waals surface area contributed by atoms with E-state index < -0.39 is 36.2 Å². The molecule has 174 valence electrons. The number of hydrogen-bond acceptors (Lipinski definition) is 6. The number of amides is 3. The van der Waals surface area contributed by atoms with Crippen molar-refractivity contribution in [3.05, 3.63) is 57.6 Å². The van der Waals surface area contributed by atoms with Crippen molar-refractivity contribution in [3.63, 3.8) is 0 Å². The molecule has 9 nitrogen and oxygen atoms in total. The lowest BCUT2D eigenvalue weighted by atomic mass is 10.1. The number of carbonyl (C=O) groups excluding carboxylic acids is 4. The van der Waals surface area contributed by atoms with Gasteiger partial charge in [-0.1, -0.05) is 28.1 Å². The molecule has 0 saturated carbocycles. The number of benzene rings is 2. The Morgan fingerprint density at radius 3 is 2.58 bits per heavy atom. The van der Waals surface area contributed by atoms with Crippen LogP contribution in [0, 0.1) is 19.8 Å². The number of nitrogens with one attached hydrogen (secondary N) is 2. The van der Waals surface area contributed by atoms with Crippen LogP contribution in [0.1, 0.15) is 27.9 Å². The highest BCUT2D eigenvalue weighted by atomic mass is 79.9. The van der Waals surface area contributed by atoms with Gasteiger partial charge in [-0.3, -0.25) is 29.6 Å². The van der Waals surface area contributed by atoms with E-state index in [-0.39, 0.29) is 18.5 Å². The van der Waals surface area contributed by atoms with Crippen molar-refractivity contribution in [3.8, 4) is 5.75 Å². The number of ether oxygens (including phenoxy) is 2. The van der Waals surface area contributed by atoms with Gasteiger partial charge < -0.3 is 14.8 Å². The standard InChI is InChI=1S/C23H24BrN3O6/c1-13-14(2)18(9-8-17(13)24)25-20(28)12-33-23(31)15-10-21(29)27(11-15)26-22(30)16-6-4-5-7-19(16)32-3/h4-9,15H,10-12H2,1-3H3,(H,25,28)(H,26,30)/t15-/m1/s1. The van der Waals surface area contributed by atoms with Crippen LogP contribution >= 0.6 is 15.9 Å². The lowest BCUT2D eigenvalue weighted by Gasteiger charge is -2.18. The average molecular weight is 518 g/mol. The summed E-state index contributed by atoms with van der Waals surface area (Å²) in [5.74, 6) is -2.56. The van der Waals surface area contributed by atoms with Crippen LogP contribution in [0.25, 0.3) is 0 Å². The van der Waals surface area contributed by atoms with Crippen LogP contribution in [0.4, 0.5) is 5.69 Å². The number of esters is 1. The van der Waals surface area contributed by atoms with Gasteiger partial charge in [0.05, 0.1) is 25.1 Å². The molecule has 1 aliphatic rings. The van der Waals surface area contributed by atoms with Crippen molar-refractivity contribution in [1.82, 2.24) is 10.4 Å². The smallest absolute Gasteiger partial charge is 0.311 e. The maximum absolute atomic E-state index is 12.5. The molecule has 0 aliphatic carbocycles. The summed E-state index contributed by atoms with van der Waals surface area (Å²) >= 11 is 3.43. The van der Waals surface area contributed by atoms with E-state index in [0.29, 0.717) is 11.4 Å². The molecule has 3 amide bonds. The number of para-hydroxylation sites is 1. The maximum Gasteiger partial charge on any atom is 0.311 e. The molecular formula is C23H24BrN3O6. The summed E-state index contributed by atoms with van der Waals surface area (Å²) in [4.78, 5) is 49.4. The molecule has 1 aliphatic heterocycles. The van der Waals surface area contributed by atoms with Crippen molar-refractivity contribution in [2.75, 3.05) is 25.6 Å². The van der Waals surface area contributed by atoms with Gasteiger partial charge in [0.25, 0.3) is 11.8 Å². The predicted octanol–water partition coefficient (Wildman–Crippen LogP) is 2.75. The SMILES string of the molecule is COc1ccccc1C(=O)NN1C[C@H](C(=O)OCC(=O)Nc2ccc(Br)c(C)c2C)CC1=O. The minimum absolute atomic E-state index is 0.0504. The number of methoxy groups -OCH3 is 1. The first-order valence-electron chi connectivity index (χ1n) is 10.2. The third-order valence-electron chi connectivity index (χ3n) is 5.39. The summed E-state index contributed by atoms with van der Waals surface area (Å²) < 4.78 is 11.2. The highest BCUT2D eigenvalue weighted by molar-refractivity contribution is 9.10. The molecule has 0 radical (unpaired) electrons. The van der Waals surface area contributed by atoms with E-state index in [1.54, 1.807) is 30.3 Å². The highest BCUT2D eigenvalue weighted by Gasteiger charge is 2.37. The van der Waals surface area contributed by atoms with Crippen LogP contribution in [0.5, 0.6) is 5.75 Å². The van der Waals surface area contributed by atoms with Crippen molar-refractivity contribution in [1.29, 1.82) is 0 Å². The second-order valence-corrected chi connectivity index (χ2v) is 8.40. The molecule has 2 N–H and O–H groups in total. The third-order valence-corrected chi connectivity index (χ3v) is 6.25. The molecule has 0 spiro atoms. The summed E-state index contributed by atoms with van der Waals surface area (Å²) in [6.07, 6.45) is -0.127. The number of hydrogen-bond donors (Lipinski definition) is 2. The van der Waals surface area contributed by atoms with Gasteiger partial charge in [0.1, 0.15) is 5.75 Å². The first-order chi connectivity index (χ1) is 15.7. The van der Waals surface area contributed by atoms with Crippen molar-refractivity contribution in [2.24, 2.45) is 5.92 Å². The number of nitrogens with zero attached hydrogens (tertiary/aromatic N) is 1. The topological polar surface area (TPSA) is 114 Å². The van der Waals surface area contributed by atoms with E-state index in [1.165, 1.54) is 7.11 Å². The fraction of sp³-hybridized carbons (Fsp3) is 0.304. The summed E-state index contributed by atoms with van der Waals surface area (Å²) in [7, 11) is 1.44. The number of carbonyl (C=O) groups is 4. The van der Waals surface area contributed by atoms with Gasteiger partial charge in [-0.15, -0.1) is 0 Å². The van der Waals surface area contributed by atoms with Gasteiger partial charge in [-0.05, 0) is 49.2 Å². The fourth-order valence-electron chi connectivity index (χ4n) is 3.35. The summed E-state index contributed by atoms with van der Waals surface area (Å²) in [6, 6.07) is 10.2. The van der Waals surface area contributed by atoms with E-state index in [1.807, 2.05) is 19.9 Å². The minimum Gasteiger partial charge on any atom is -0.496 e. The van der Waals surface area contributed by atoms with Crippen LogP contribution in [0.2, 0.25) is 0 Å². The van der Waals surface area contributed by atoms with Gasteiger partial charge in [0.15, 0.2) is 6.61 Å². The zero-order valence-corrected chi connectivity index (χ0v) is 20.0. The van der Waals surface area contributed by atoms with Crippen molar-refractivity contribution >= 4 is 45.3 Å². The molecule has 0 aromatic heterocycles. The molecule has 0 unspecified atom stereocenters. The second kappa shape index (κ2) is 10.5. The fourth-order valence-corrected chi connectivity index (χ4v) is 3.78. The predicted molar refractivity (Wildman–Crippen MR) is 123 cm³/mol. The van der Waals surface area contributed by atoms with Crippen LogP contribution in [-0.4, -0.2) is 49.0 Å². The van der Waals surface area contributed by atoms with Crippen LogP contribution in [0.15, 0.2) is 40.9 Å². The normalized spacial score (nSPS) is 15.2. The molecule has 33 heavy (non-hydrogen) atoms. The Morgan fingerprint density at radius 1 is 1.12 bits per heavy atom. The minimum atomic E-state index is -0.792. The Bertz CT molecular complexity index is 1100. The third kappa shape index (κ3) is 5.70. The Balaban J connectivity index is 1.52. The molecule has 1 fully saturated rings. The number of hydrazine groups is 1. The van der Waals surface area contributed by atoms with Crippen LogP contribution in [0.3, 0.4) is 0 Å². The zero-order chi connectivity index (χ0) is 24.1. The molecule has 1 saturated heterocycles. The molecule has 1 atom stereocenters. The maximum atomic E-state index is 12.5. The van der Waals surface area contributed by atoms with Crippen molar-refractivity contribution < 1.29 is 28.7 Å². The van der Waals surface area contributed by atoms with Gasteiger partial charge >= 0.3 is 5.97 Å². The lowest BCUT2D eigenvalue weighted by molar-refractivity contribution is -0.151. The largest absolute Gasteiger partial charge is 0.496 e. The average Bonchev–Trinajstić information content (AvgIpc) is 3.17. The molecular weight excluding hydrogens is 494 g/mol. The Kier molecular flexibility index (Phi) is 7.70. The van der Waals surface area contributed by atoms with E-state index >= 15 is 0 Å². The molecule has 3 rings (SSSR count). The molecule has 2 aromatic carbocycles. The molecule has 0 bridgehead atoms. The summed E-state index contributed by atoms with van der Waals surface area (Å²) in [6.45, 7) is 3.27. The highest BCUT2D eigenvalue weighted by Crippen LogP contribution is 2.26. The van der Waals surface area contributed by atoms with Gasteiger partial charge in [0.2, 0.25) is 5.91 Å². The molecule has 10 heteroatoms. The van der Waals surface area contributed by atoms with E-state index in [2.05, 4.69) is 26.7 Å². The Labute approximate surface area is 199 Å². The quantitative estimate of drug-likeness (QED) is 0.545. The number of anilines is 1. The van der Waals surface area contributed by atoms with Crippen LogP contribution < -0.4 is 15.5 Å². The van der Waals surface area contributed by atoms with Gasteiger partial charge in [0, 0.05) is 16.6 Å². The Hall–Kier alpha value is -3.40. The first kappa shape index (κ1) is 24.2. The van der Waals surface area contributed by atoms with E-state index in [0.717, 1.165) is 20.6 Å². The van der Waals surface area contributed by atoms with Gasteiger partial charge in [-0.25, -0.2) is 0 Å². The molecule has 1 heterocycles. The summed E-state index contributed by atoms with van der Waals surface area (Å²) in [5, 5.41) is 3.79. The Morgan fingerprint density at radius 2 is 1.85 bits per heavy atom. The van der Waals surface area contributed by atoms with Crippen molar-refractivity contribution in [2.45, 2.75) is 20.3 Å². The number of halogens is 1. The van der Waals surface area contributed by atoms with Crippen LogP contribution in [-0.2, 0) is 19.1 Å². The second-order valence-electron chi connectivity index (χ2n) is 7.55. The number of rotatable bonds is 7. The molecule has 2 aromatic rings. The monoisotopic (exact) mass is 517 g/mol.